The number of benzene rings is 3. The lowest BCUT2D eigenvalue weighted by Crippen LogP contribution is -2.38. The summed E-state index contributed by atoms with van der Waals surface area (Å²) in [6, 6.07) is 22.2. The second kappa shape index (κ2) is 11.3. The number of aromatic nitrogens is 1. The average Bonchev–Trinajstić information content (AvgIpc) is 2.89. The Labute approximate surface area is 228 Å². The van der Waals surface area contributed by atoms with Crippen LogP contribution in [0.15, 0.2) is 101 Å². The summed E-state index contributed by atoms with van der Waals surface area (Å²) in [4.78, 5) is 17.1. The van der Waals surface area contributed by atoms with E-state index >= 15 is 0 Å². The molecule has 0 aliphatic heterocycles. The molecule has 0 fully saturated rings. The monoisotopic (exact) mass is 564 g/mol. The molecule has 9 nitrogen and oxygen atoms in total. The van der Waals surface area contributed by atoms with Crippen LogP contribution in [-0.2, 0) is 24.8 Å². The van der Waals surface area contributed by atoms with Gasteiger partial charge in [-0.2, -0.15) is 0 Å². The molecule has 0 radical (unpaired) electrons. The van der Waals surface area contributed by atoms with Crippen LogP contribution in [0.1, 0.15) is 16.7 Å². The molecule has 4 aromatic rings. The van der Waals surface area contributed by atoms with Gasteiger partial charge in [-0.05, 0) is 86.5 Å². The molecule has 0 unspecified atom stereocenters. The van der Waals surface area contributed by atoms with Crippen LogP contribution >= 0.6 is 0 Å². The van der Waals surface area contributed by atoms with E-state index in [1.807, 2.05) is 19.9 Å². The first-order chi connectivity index (χ1) is 18.5. The number of rotatable bonds is 9. The van der Waals surface area contributed by atoms with Gasteiger partial charge in [0.1, 0.15) is 12.4 Å². The number of pyridine rings is 1. The van der Waals surface area contributed by atoms with Crippen molar-refractivity contribution >= 4 is 43.1 Å². The minimum absolute atomic E-state index is 0.0230. The zero-order valence-electron chi connectivity index (χ0n) is 21.6. The smallest absolute Gasteiger partial charge is 0.264 e. The standard InChI is InChI=1S/C28H28N4O5S2/c1-20-8-13-25(14-9-20)39(36,37)32(26-18-21(2)7-10-22(26)3)19-28(33)30-23-11-15-24(16-12-23)38(34,35)31-27-6-4-5-17-29-27/h4-18H,19H2,1-3H3,(H,29,31)(H,30,33). The van der Waals surface area contributed by atoms with Gasteiger partial charge in [0.05, 0.1) is 15.5 Å². The molecule has 0 saturated carbocycles. The summed E-state index contributed by atoms with van der Waals surface area (Å²) in [5.41, 5.74) is 3.15. The molecule has 11 heteroatoms. The van der Waals surface area contributed by atoms with Crippen LogP contribution in [0.4, 0.5) is 17.2 Å². The number of carbonyl (C=O) groups is 1. The molecule has 39 heavy (non-hydrogen) atoms. The Balaban J connectivity index is 1.57. The van der Waals surface area contributed by atoms with Crippen molar-refractivity contribution in [2.24, 2.45) is 0 Å². The van der Waals surface area contributed by atoms with E-state index in [1.165, 1.54) is 48.7 Å². The van der Waals surface area contributed by atoms with Crippen molar-refractivity contribution in [3.63, 3.8) is 0 Å². The summed E-state index contributed by atoms with van der Waals surface area (Å²) in [5.74, 6) is -0.412. The van der Waals surface area contributed by atoms with Crippen molar-refractivity contribution in [3.05, 3.63) is 108 Å². The third-order valence-corrected chi connectivity index (χ3v) is 9.03. The van der Waals surface area contributed by atoms with Gasteiger partial charge < -0.3 is 5.32 Å². The Hall–Kier alpha value is -4.22. The summed E-state index contributed by atoms with van der Waals surface area (Å²) in [5, 5.41) is 2.66. The van der Waals surface area contributed by atoms with Gasteiger partial charge in [-0.1, -0.05) is 35.9 Å². The highest BCUT2D eigenvalue weighted by Crippen LogP contribution is 2.28. The highest BCUT2D eigenvalue weighted by atomic mass is 32.2. The first-order valence-electron chi connectivity index (χ1n) is 12.0. The van der Waals surface area contributed by atoms with Crippen LogP contribution in [0.3, 0.4) is 0 Å². The molecule has 0 aliphatic rings. The normalized spacial score (nSPS) is 11.6. The number of hydrogen-bond acceptors (Lipinski definition) is 6. The Morgan fingerprint density at radius 1 is 0.795 bits per heavy atom. The number of carbonyl (C=O) groups excluding carboxylic acids is 1. The molecule has 2 N–H and O–H groups in total. The molecule has 0 aliphatic carbocycles. The van der Waals surface area contributed by atoms with Gasteiger partial charge in [-0.15, -0.1) is 0 Å². The average molecular weight is 565 g/mol. The fourth-order valence-corrected chi connectivity index (χ4v) is 6.28. The number of anilines is 3. The second-order valence-electron chi connectivity index (χ2n) is 9.01. The van der Waals surface area contributed by atoms with E-state index in [2.05, 4.69) is 15.0 Å². The SMILES string of the molecule is Cc1ccc(S(=O)(=O)N(CC(=O)Nc2ccc(S(=O)(=O)Nc3ccccn3)cc2)c2cc(C)ccc2C)cc1. The molecule has 4 rings (SSSR count). The van der Waals surface area contributed by atoms with E-state index in [1.54, 1.807) is 43.3 Å². The van der Waals surface area contributed by atoms with Crippen molar-refractivity contribution in [3.8, 4) is 0 Å². The van der Waals surface area contributed by atoms with E-state index in [9.17, 15) is 21.6 Å². The highest BCUT2D eigenvalue weighted by molar-refractivity contribution is 7.93. The molecule has 202 valence electrons. The van der Waals surface area contributed by atoms with Gasteiger partial charge in [0, 0.05) is 11.9 Å². The van der Waals surface area contributed by atoms with E-state index in [0.29, 0.717) is 16.9 Å². The summed E-state index contributed by atoms with van der Waals surface area (Å²) in [6.45, 7) is 5.00. The zero-order chi connectivity index (χ0) is 28.2. The molecule has 1 aromatic heterocycles. The third-order valence-electron chi connectivity index (χ3n) is 5.88. The van der Waals surface area contributed by atoms with Gasteiger partial charge in [-0.25, -0.2) is 21.8 Å². The molecule has 0 spiro atoms. The fraction of sp³-hybridized carbons (Fsp3) is 0.143. The summed E-state index contributed by atoms with van der Waals surface area (Å²) < 4.78 is 56.1. The van der Waals surface area contributed by atoms with E-state index in [-0.39, 0.29) is 15.6 Å². The molecule has 0 bridgehead atoms. The minimum Gasteiger partial charge on any atom is -0.325 e. The largest absolute Gasteiger partial charge is 0.325 e. The van der Waals surface area contributed by atoms with Gasteiger partial charge in [-0.3, -0.25) is 13.8 Å². The lowest BCUT2D eigenvalue weighted by molar-refractivity contribution is -0.114. The van der Waals surface area contributed by atoms with Crippen LogP contribution in [0.2, 0.25) is 0 Å². The molecule has 3 aromatic carbocycles. The van der Waals surface area contributed by atoms with Gasteiger partial charge in [0.15, 0.2) is 0 Å². The van der Waals surface area contributed by atoms with E-state index in [0.717, 1.165) is 15.4 Å². The van der Waals surface area contributed by atoms with E-state index < -0.39 is 32.5 Å². The maximum atomic E-state index is 13.7. The second-order valence-corrected chi connectivity index (χ2v) is 12.6. The van der Waals surface area contributed by atoms with Gasteiger partial charge >= 0.3 is 0 Å². The lowest BCUT2D eigenvalue weighted by atomic mass is 10.1. The molecular formula is C28H28N4O5S2. The van der Waals surface area contributed by atoms with Gasteiger partial charge in [0.25, 0.3) is 20.0 Å². The summed E-state index contributed by atoms with van der Waals surface area (Å²) in [6.07, 6.45) is 1.47. The summed E-state index contributed by atoms with van der Waals surface area (Å²) >= 11 is 0. The van der Waals surface area contributed by atoms with Crippen molar-refractivity contribution in [2.75, 3.05) is 20.9 Å². The van der Waals surface area contributed by atoms with E-state index in [4.69, 9.17) is 0 Å². The predicted molar refractivity (Wildman–Crippen MR) is 152 cm³/mol. The number of aryl methyl sites for hydroxylation is 3. The molecule has 1 amide bonds. The third kappa shape index (κ3) is 6.62. The quantitative estimate of drug-likeness (QED) is 0.305. The zero-order valence-corrected chi connectivity index (χ0v) is 23.3. The Kier molecular flexibility index (Phi) is 8.03. The number of sulfonamides is 2. The predicted octanol–water partition coefficient (Wildman–Crippen LogP) is 4.64. The number of nitrogens with zero attached hydrogens (tertiary/aromatic N) is 2. The van der Waals surface area contributed by atoms with Crippen LogP contribution < -0.4 is 14.3 Å². The van der Waals surface area contributed by atoms with Crippen molar-refractivity contribution in [1.82, 2.24) is 4.98 Å². The lowest BCUT2D eigenvalue weighted by Gasteiger charge is -2.26. The topological polar surface area (TPSA) is 126 Å². The van der Waals surface area contributed by atoms with Crippen LogP contribution in [-0.4, -0.2) is 34.3 Å². The molecular weight excluding hydrogens is 536 g/mol. The Morgan fingerprint density at radius 3 is 2.08 bits per heavy atom. The molecule has 1 heterocycles. The first kappa shape index (κ1) is 27.8. The molecule has 0 saturated heterocycles. The number of nitrogens with one attached hydrogen (secondary N) is 2. The minimum atomic E-state index is -4.07. The van der Waals surface area contributed by atoms with Crippen molar-refractivity contribution in [1.29, 1.82) is 0 Å². The number of amides is 1. The van der Waals surface area contributed by atoms with Crippen LogP contribution in [0, 0.1) is 20.8 Å². The summed E-state index contributed by atoms with van der Waals surface area (Å²) in [7, 11) is -7.96. The first-order valence-corrected chi connectivity index (χ1v) is 14.9. The van der Waals surface area contributed by atoms with Crippen LogP contribution in [0.25, 0.3) is 0 Å². The maximum absolute atomic E-state index is 13.7. The Bertz CT molecular complexity index is 1690. The Morgan fingerprint density at radius 2 is 1.44 bits per heavy atom. The highest BCUT2D eigenvalue weighted by Gasteiger charge is 2.28. The van der Waals surface area contributed by atoms with Crippen molar-refractivity contribution in [2.45, 2.75) is 30.6 Å². The maximum Gasteiger partial charge on any atom is 0.264 e. The molecule has 0 atom stereocenters. The fourth-order valence-electron chi connectivity index (χ4n) is 3.79. The van der Waals surface area contributed by atoms with Gasteiger partial charge in [0.2, 0.25) is 5.91 Å². The number of hydrogen-bond donors (Lipinski definition) is 2. The van der Waals surface area contributed by atoms with Crippen molar-refractivity contribution < 1.29 is 21.6 Å². The van der Waals surface area contributed by atoms with Crippen LogP contribution in [0.5, 0.6) is 0 Å².